The molecule has 2 aromatic rings. The molecule has 1 aromatic heterocycles. The Bertz CT molecular complexity index is 795. The monoisotopic (exact) mass is 388 g/mol. The van der Waals surface area contributed by atoms with Crippen LogP contribution >= 0.6 is 0 Å². The standard InChI is InChI=1S/C20H29FN6O/c1-14-12-18(22-2)26-20(24-14)25-16-6-7-17(28-3)15(19(16)21)13-23-8-11-27-9-4-5-10-27/h6-7,12,23H,4-5,8-11,13H2,1-3H3,(H2,22,24,25,26). The molecule has 3 N–H and O–H groups in total. The molecule has 152 valence electrons. The molecule has 2 heterocycles. The number of aryl methyl sites for hydroxylation is 1. The molecule has 0 aliphatic carbocycles. The van der Waals surface area contributed by atoms with Crippen molar-refractivity contribution in [3.05, 3.63) is 35.3 Å². The van der Waals surface area contributed by atoms with Crippen molar-refractivity contribution in [1.82, 2.24) is 20.2 Å². The summed E-state index contributed by atoms with van der Waals surface area (Å²) in [5, 5.41) is 9.29. The molecule has 1 saturated heterocycles. The molecule has 0 radical (unpaired) electrons. The zero-order valence-electron chi connectivity index (χ0n) is 16.8. The van der Waals surface area contributed by atoms with E-state index in [2.05, 4.69) is 30.8 Å². The maximum Gasteiger partial charge on any atom is 0.229 e. The molecule has 0 amide bonds. The van der Waals surface area contributed by atoms with Gasteiger partial charge in [0.2, 0.25) is 5.95 Å². The van der Waals surface area contributed by atoms with Crippen molar-refractivity contribution < 1.29 is 9.13 Å². The smallest absolute Gasteiger partial charge is 0.229 e. The number of anilines is 3. The van der Waals surface area contributed by atoms with Crippen LogP contribution in [0.1, 0.15) is 24.1 Å². The van der Waals surface area contributed by atoms with Gasteiger partial charge in [0, 0.05) is 44.0 Å². The van der Waals surface area contributed by atoms with Gasteiger partial charge < -0.3 is 25.6 Å². The Hall–Kier alpha value is -2.45. The summed E-state index contributed by atoms with van der Waals surface area (Å²) < 4.78 is 20.5. The van der Waals surface area contributed by atoms with E-state index in [1.165, 1.54) is 12.8 Å². The normalized spacial score (nSPS) is 14.3. The lowest BCUT2D eigenvalue weighted by Gasteiger charge is -2.17. The minimum atomic E-state index is -0.357. The lowest BCUT2D eigenvalue weighted by atomic mass is 10.1. The number of nitrogens with one attached hydrogen (secondary N) is 3. The number of hydrogen-bond donors (Lipinski definition) is 3. The third-order valence-corrected chi connectivity index (χ3v) is 4.88. The van der Waals surface area contributed by atoms with Gasteiger partial charge in [-0.25, -0.2) is 9.37 Å². The molecule has 1 aromatic carbocycles. The molecule has 1 fully saturated rings. The molecule has 0 spiro atoms. The second-order valence-electron chi connectivity index (χ2n) is 6.93. The van der Waals surface area contributed by atoms with Gasteiger partial charge in [-0.3, -0.25) is 0 Å². The summed E-state index contributed by atoms with van der Waals surface area (Å²) >= 11 is 0. The van der Waals surface area contributed by atoms with Crippen molar-refractivity contribution in [2.75, 3.05) is 51.0 Å². The fraction of sp³-hybridized carbons (Fsp3) is 0.500. The molecule has 7 nitrogen and oxygen atoms in total. The van der Waals surface area contributed by atoms with Crippen molar-refractivity contribution in [3.8, 4) is 5.75 Å². The van der Waals surface area contributed by atoms with Gasteiger partial charge in [0.25, 0.3) is 0 Å². The molecule has 0 unspecified atom stereocenters. The van der Waals surface area contributed by atoms with Gasteiger partial charge in [0.05, 0.1) is 12.8 Å². The van der Waals surface area contributed by atoms with Gasteiger partial charge in [0.15, 0.2) is 5.82 Å². The lowest BCUT2D eigenvalue weighted by Crippen LogP contribution is -2.30. The van der Waals surface area contributed by atoms with Crippen LogP contribution in [-0.4, -0.2) is 55.2 Å². The Labute approximate surface area is 165 Å². The molecule has 1 aliphatic rings. The number of methoxy groups -OCH3 is 1. The second-order valence-corrected chi connectivity index (χ2v) is 6.93. The molecule has 0 bridgehead atoms. The van der Waals surface area contributed by atoms with Crippen molar-refractivity contribution in [2.24, 2.45) is 0 Å². The van der Waals surface area contributed by atoms with Crippen LogP contribution in [0.15, 0.2) is 18.2 Å². The fourth-order valence-electron chi connectivity index (χ4n) is 3.39. The molecule has 3 rings (SSSR count). The van der Waals surface area contributed by atoms with Crippen molar-refractivity contribution in [1.29, 1.82) is 0 Å². The van der Waals surface area contributed by atoms with E-state index in [0.717, 1.165) is 31.9 Å². The van der Waals surface area contributed by atoms with E-state index in [-0.39, 0.29) is 5.82 Å². The molecule has 1 aliphatic heterocycles. The number of rotatable bonds is 9. The van der Waals surface area contributed by atoms with Crippen molar-refractivity contribution in [2.45, 2.75) is 26.3 Å². The Kier molecular flexibility index (Phi) is 7.00. The predicted molar refractivity (Wildman–Crippen MR) is 110 cm³/mol. The van der Waals surface area contributed by atoms with E-state index in [1.54, 1.807) is 26.3 Å². The highest BCUT2D eigenvalue weighted by atomic mass is 19.1. The van der Waals surface area contributed by atoms with E-state index >= 15 is 4.39 Å². The summed E-state index contributed by atoms with van der Waals surface area (Å²) in [5.74, 6) is 1.19. The summed E-state index contributed by atoms with van der Waals surface area (Å²) in [6.45, 7) is 6.37. The number of likely N-dealkylation sites (tertiary alicyclic amines) is 1. The highest BCUT2D eigenvalue weighted by molar-refractivity contribution is 5.60. The minimum Gasteiger partial charge on any atom is -0.496 e. The first-order valence-electron chi connectivity index (χ1n) is 9.69. The molecule has 0 atom stereocenters. The van der Waals surface area contributed by atoms with Gasteiger partial charge in [-0.2, -0.15) is 4.98 Å². The second kappa shape index (κ2) is 9.66. The Morgan fingerprint density at radius 2 is 2.00 bits per heavy atom. The maximum absolute atomic E-state index is 15.2. The van der Waals surface area contributed by atoms with Crippen molar-refractivity contribution >= 4 is 17.5 Å². The van der Waals surface area contributed by atoms with Crippen LogP contribution in [0.25, 0.3) is 0 Å². The molecular formula is C20H29FN6O. The number of hydrogen-bond acceptors (Lipinski definition) is 7. The SMILES string of the molecule is CNc1cc(C)nc(Nc2ccc(OC)c(CNCCN3CCCC3)c2F)n1. The van der Waals surface area contributed by atoms with Gasteiger partial charge >= 0.3 is 0 Å². The third kappa shape index (κ3) is 5.08. The zero-order valence-corrected chi connectivity index (χ0v) is 16.8. The van der Waals surface area contributed by atoms with Gasteiger partial charge in [-0.05, 0) is 45.0 Å². The fourth-order valence-corrected chi connectivity index (χ4v) is 3.39. The largest absolute Gasteiger partial charge is 0.496 e. The minimum absolute atomic E-state index is 0.324. The van der Waals surface area contributed by atoms with Crippen molar-refractivity contribution in [3.63, 3.8) is 0 Å². The van der Waals surface area contributed by atoms with Crippen LogP contribution in [0.5, 0.6) is 5.75 Å². The molecule has 0 saturated carbocycles. The maximum atomic E-state index is 15.2. The van der Waals surface area contributed by atoms with Crippen LogP contribution in [0.4, 0.5) is 21.8 Å². The highest BCUT2D eigenvalue weighted by Gasteiger charge is 2.16. The Balaban J connectivity index is 1.70. The number of ether oxygens (including phenoxy) is 1. The van der Waals surface area contributed by atoms with Crippen LogP contribution in [-0.2, 0) is 6.54 Å². The zero-order chi connectivity index (χ0) is 19.9. The lowest BCUT2D eigenvalue weighted by molar-refractivity contribution is 0.334. The summed E-state index contributed by atoms with van der Waals surface area (Å²) in [5.41, 5.74) is 1.61. The first kappa shape index (κ1) is 20.3. The van der Waals surface area contributed by atoms with Gasteiger partial charge in [-0.15, -0.1) is 0 Å². The van der Waals surface area contributed by atoms with Crippen LogP contribution in [0.2, 0.25) is 0 Å². The topological polar surface area (TPSA) is 74.3 Å². The summed E-state index contributed by atoms with van der Waals surface area (Å²) in [6, 6.07) is 5.23. The first-order chi connectivity index (χ1) is 13.6. The predicted octanol–water partition coefficient (Wildman–Crippen LogP) is 2.90. The quantitative estimate of drug-likeness (QED) is 0.570. The average Bonchev–Trinajstić information content (AvgIpc) is 3.20. The molecular weight excluding hydrogens is 359 g/mol. The van der Waals surface area contributed by atoms with Gasteiger partial charge in [-0.1, -0.05) is 0 Å². The van der Waals surface area contributed by atoms with E-state index in [1.807, 2.05) is 13.0 Å². The first-order valence-corrected chi connectivity index (χ1v) is 9.69. The third-order valence-electron chi connectivity index (χ3n) is 4.88. The van der Waals surface area contributed by atoms with E-state index in [4.69, 9.17) is 4.74 Å². The van der Waals surface area contributed by atoms with E-state index in [0.29, 0.717) is 35.3 Å². The van der Waals surface area contributed by atoms with Crippen LogP contribution < -0.4 is 20.7 Å². The molecule has 8 heteroatoms. The number of benzene rings is 1. The molecule has 28 heavy (non-hydrogen) atoms. The number of nitrogens with zero attached hydrogens (tertiary/aromatic N) is 3. The summed E-state index contributed by atoms with van der Waals surface area (Å²) in [7, 11) is 3.34. The van der Waals surface area contributed by atoms with Crippen LogP contribution in [0, 0.1) is 12.7 Å². The average molecular weight is 388 g/mol. The Morgan fingerprint density at radius 3 is 2.71 bits per heavy atom. The Morgan fingerprint density at radius 1 is 1.21 bits per heavy atom. The summed E-state index contributed by atoms with van der Waals surface area (Å²) in [6.07, 6.45) is 2.54. The van der Waals surface area contributed by atoms with E-state index in [9.17, 15) is 0 Å². The van der Waals surface area contributed by atoms with Gasteiger partial charge in [0.1, 0.15) is 11.6 Å². The van der Waals surface area contributed by atoms with Crippen LogP contribution in [0.3, 0.4) is 0 Å². The van der Waals surface area contributed by atoms with E-state index < -0.39 is 0 Å². The number of halogens is 1. The summed E-state index contributed by atoms with van der Waals surface area (Å²) in [4.78, 5) is 11.1. The highest BCUT2D eigenvalue weighted by Crippen LogP contribution is 2.29. The number of aromatic nitrogens is 2.